The Bertz CT molecular complexity index is 3400. The van der Waals surface area contributed by atoms with E-state index in [1.54, 1.807) is 20.0 Å². The summed E-state index contributed by atoms with van der Waals surface area (Å²) in [6.07, 6.45) is -4.58. The molecule has 5 aromatic rings. The van der Waals surface area contributed by atoms with Gasteiger partial charge in [0.25, 0.3) is 0 Å². The van der Waals surface area contributed by atoms with E-state index in [9.17, 15) is 69.5 Å². The van der Waals surface area contributed by atoms with Crippen LogP contribution in [0.2, 0.25) is 0 Å². The maximum atomic E-state index is 14.3. The van der Waals surface area contributed by atoms with Gasteiger partial charge in [0.15, 0.2) is 0 Å². The van der Waals surface area contributed by atoms with Crippen molar-refractivity contribution >= 4 is 86.9 Å². The van der Waals surface area contributed by atoms with Gasteiger partial charge in [0, 0.05) is 84.0 Å². The summed E-state index contributed by atoms with van der Waals surface area (Å²) < 4.78 is 63.5. The number of hydrogen-bond donors (Lipinski definition) is 16. The monoisotopic (exact) mass is 1330 g/mol. The zero-order chi connectivity index (χ0) is 70.4. The summed E-state index contributed by atoms with van der Waals surface area (Å²) in [5, 5.41) is 41.6. The van der Waals surface area contributed by atoms with Gasteiger partial charge in [-0.05, 0) is 73.6 Å². The number of rotatable bonds is 30. The van der Waals surface area contributed by atoms with Crippen molar-refractivity contribution in [1.82, 2.24) is 67.8 Å². The van der Waals surface area contributed by atoms with E-state index in [4.69, 9.17) is 31.3 Å². The van der Waals surface area contributed by atoms with Gasteiger partial charge in [-0.2, -0.15) is 26.3 Å². The molecular formula is C60H81F6N15O13. The predicted octanol–water partition coefficient (Wildman–Crippen LogP) is 1.64. The zero-order valence-electron chi connectivity index (χ0n) is 52.5. The third-order valence-corrected chi connectivity index (χ3v) is 14.5. The van der Waals surface area contributed by atoms with Gasteiger partial charge in [-0.1, -0.05) is 77.9 Å². The zero-order valence-corrected chi connectivity index (χ0v) is 52.5. The number of halogens is 6. The van der Waals surface area contributed by atoms with Crippen LogP contribution in [0.1, 0.15) is 96.7 Å². The molecule has 18 N–H and O–H groups in total. The number of hydrogen-bond acceptors (Lipinski definition) is 14. The molecule has 6 rings (SSSR count). The summed E-state index contributed by atoms with van der Waals surface area (Å²) in [7, 11) is 0. The SMILES string of the molecule is CC(C)C[C@@H](CN[C@@H](CC(C)C)C(N)=O)NC(=O)[C@H](Cc1cnc[nH]1)NC(=O)CNC(=O)[C@@H](NC(=O)[C@H](C)NC(=O)[C@H](Cc1c[nH]c2ccccc12)NC(=O)[C@H](CCC(N)=O)NC(=O)[C@H]1Cc2c([nH]c3ccccc23)CN1)C(C)C.O=C(O)C(F)(F)F.O=C(O)C(F)(F)F. The maximum absolute atomic E-state index is 14.3. The van der Waals surface area contributed by atoms with Crippen molar-refractivity contribution < 1.29 is 89.3 Å². The first-order valence-corrected chi connectivity index (χ1v) is 29.8. The van der Waals surface area contributed by atoms with Crippen LogP contribution < -0.4 is 59.3 Å². The van der Waals surface area contributed by atoms with Gasteiger partial charge in [0.2, 0.25) is 53.2 Å². The first-order chi connectivity index (χ1) is 43.9. The third-order valence-electron chi connectivity index (χ3n) is 14.5. The van der Waals surface area contributed by atoms with E-state index in [0.29, 0.717) is 37.1 Å². The van der Waals surface area contributed by atoms with Crippen molar-refractivity contribution in [3.63, 3.8) is 0 Å². The molecule has 0 radical (unpaired) electrons. The normalized spacial score (nSPS) is 15.2. The van der Waals surface area contributed by atoms with E-state index < -0.39 is 138 Å². The highest BCUT2D eigenvalue weighted by Crippen LogP contribution is 2.27. The molecule has 0 fully saturated rings. The number of alkyl halides is 6. The number of aromatic nitrogens is 4. The number of benzene rings is 2. The number of amides is 9. The lowest BCUT2D eigenvalue weighted by Crippen LogP contribution is -2.60. The number of nitrogens with one attached hydrogen (secondary N) is 12. The standard InChI is InChI=1S/C56H79N15O9.2C2HF3O2/c1-29(2)18-35(25-61-42(50(58)74)19-30(3)4)66-55(79)45(21-34-24-59-28-64-34)68-48(73)27-63-56(80)49(31(5)6)71-51(75)32(7)65-54(78)44(20-33-23-60-39-14-10-8-12-36(33)39)70-52(76)41(16-17-47(57)72)69-53(77)43-22-38-37-13-9-11-15-40(37)67-46(38)26-62-43;2*3-2(4,5)1(6)7/h8-15,23-24,28-32,35,41-45,49,60-62,67H,16-22,25-27H2,1-7H3,(H2,57,72)(H2,58,74)(H,59,64)(H,63,80)(H,65,78)(H,66,79)(H,68,73)(H,69,77)(H,70,76)(H,71,75);2*(H,6,7)/t32-,35-,41-,42-,43+,44-,45-,49-;;/m0../s1. The second kappa shape index (κ2) is 35.4. The number of imidazole rings is 1. The summed E-state index contributed by atoms with van der Waals surface area (Å²) in [6.45, 7) is 12.7. The summed E-state index contributed by atoms with van der Waals surface area (Å²) in [6, 6.07) is 7.15. The molecule has 8 atom stereocenters. The second-order valence-electron chi connectivity index (χ2n) is 23.5. The number of aromatic amines is 3. The summed E-state index contributed by atoms with van der Waals surface area (Å²) in [4.78, 5) is 153. The van der Waals surface area contributed by atoms with Crippen LogP contribution in [-0.2, 0) is 78.5 Å². The Morgan fingerprint density at radius 3 is 1.79 bits per heavy atom. The van der Waals surface area contributed by atoms with Crippen molar-refractivity contribution in [2.45, 2.75) is 161 Å². The van der Waals surface area contributed by atoms with Crippen LogP contribution in [0.25, 0.3) is 21.8 Å². The fourth-order valence-electron chi connectivity index (χ4n) is 9.82. The minimum Gasteiger partial charge on any atom is -0.475 e. The summed E-state index contributed by atoms with van der Waals surface area (Å²) in [5.41, 5.74) is 16.0. The lowest BCUT2D eigenvalue weighted by atomic mass is 9.97. The Labute approximate surface area is 535 Å². The number of carbonyl (C=O) groups excluding carboxylic acids is 9. The van der Waals surface area contributed by atoms with Crippen LogP contribution in [0.15, 0.2) is 67.3 Å². The highest BCUT2D eigenvalue weighted by atomic mass is 19.4. The van der Waals surface area contributed by atoms with Gasteiger partial charge >= 0.3 is 24.3 Å². The fraction of sp³-hybridized carbons (Fsp3) is 0.500. The van der Waals surface area contributed by atoms with E-state index in [0.717, 1.165) is 33.1 Å². The first kappa shape index (κ1) is 76.9. The molecule has 0 spiro atoms. The number of aliphatic carboxylic acids is 2. The Kier molecular flexibility index (Phi) is 29.0. The Morgan fingerprint density at radius 2 is 1.22 bits per heavy atom. The number of para-hydroxylation sites is 2. The Hall–Kier alpha value is -9.60. The lowest BCUT2D eigenvalue weighted by molar-refractivity contribution is -0.193. The van der Waals surface area contributed by atoms with Crippen molar-refractivity contribution in [2.75, 3.05) is 13.1 Å². The fourth-order valence-corrected chi connectivity index (χ4v) is 9.82. The molecular weight excluding hydrogens is 1250 g/mol. The number of carboxylic acid groups (broad SMARTS) is 2. The van der Waals surface area contributed by atoms with Crippen LogP contribution in [0.4, 0.5) is 26.3 Å². The van der Waals surface area contributed by atoms with E-state index in [1.165, 1.54) is 19.4 Å². The van der Waals surface area contributed by atoms with Gasteiger partial charge in [0.05, 0.1) is 25.0 Å². The molecule has 0 aliphatic carbocycles. The second-order valence-corrected chi connectivity index (χ2v) is 23.5. The third kappa shape index (κ3) is 24.8. The molecule has 1 aliphatic heterocycles. The predicted molar refractivity (Wildman–Crippen MR) is 328 cm³/mol. The van der Waals surface area contributed by atoms with Gasteiger partial charge in [-0.25, -0.2) is 14.6 Å². The molecule has 0 saturated carbocycles. The van der Waals surface area contributed by atoms with Crippen LogP contribution in [0.5, 0.6) is 0 Å². The molecule has 0 saturated heterocycles. The molecule has 9 amide bonds. The smallest absolute Gasteiger partial charge is 0.475 e. The van der Waals surface area contributed by atoms with E-state index in [1.807, 2.05) is 76.2 Å². The topological polar surface area (TPSA) is 449 Å². The number of H-pyrrole nitrogens is 3. The maximum Gasteiger partial charge on any atom is 0.490 e. The number of carboxylic acids is 2. The van der Waals surface area contributed by atoms with Gasteiger partial charge in [-0.15, -0.1) is 0 Å². The summed E-state index contributed by atoms with van der Waals surface area (Å²) >= 11 is 0. The lowest BCUT2D eigenvalue weighted by Gasteiger charge is -2.28. The Balaban J connectivity index is 0.00000120. The molecule has 1 aliphatic rings. The summed E-state index contributed by atoms with van der Waals surface area (Å²) in [5.74, 6) is -11.6. The number of nitrogens with zero attached hydrogens (tertiary/aromatic N) is 1. The largest absolute Gasteiger partial charge is 0.490 e. The van der Waals surface area contributed by atoms with E-state index >= 15 is 0 Å². The van der Waals surface area contributed by atoms with Gasteiger partial charge in [-0.3, -0.25) is 48.5 Å². The van der Waals surface area contributed by atoms with Crippen LogP contribution in [0.3, 0.4) is 0 Å². The molecule has 94 heavy (non-hydrogen) atoms. The first-order valence-electron chi connectivity index (χ1n) is 29.8. The average molecular weight is 1330 g/mol. The van der Waals surface area contributed by atoms with Gasteiger partial charge in [0.1, 0.15) is 30.2 Å². The molecule has 0 unspecified atom stereocenters. The average Bonchev–Trinajstić information content (AvgIpc) is 1.63. The quantitative estimate of drug-likeness (QED) is 0.0291. The minimum absolute atomic E-state index is 0.0313. The van der Waals surface area contributed by atoms with E-state index in [2.05, 4.69) is 67.8 Å². The molecule has 28 nitrogen and oxygen atoms in total. The van der Waals surface area contributed by atoms with E-state index in [-0.39, 0.29) is 44.1 Å². The van der Waals surface area contributed by atoms with Gasteiger partial charge < -0.3 is 79.2 Å². The van der Waals surface area contributed by atoms with Crippen molar-refractivity contribution in [3.8, 4) is 0 Å². The molecule has 4 heterocycles. The molecule has 516 valence electrons. The number of carbonyl (C=O) groups is 11. The number of fused-ring (bicyclic) bond motifs is 4. The highest BCUT2D eigenvalue weighted by Gasteiger charge is 2.40. The molecule has 3 aromatic heterocycles. The van der Waals surface area contributed by atoms with Crippen LogP contribution in [-0.4, -0.2) is 169 Å². The minimum atomic E-state index is -5.08. The van der Waals surface area contributed by atoms with Crippen molar-refractivity contribution in [1.29, 1.82) is 0 Å². The number of primary amides is 2. The number of nitrogens with two attached hydrogens (primary N) is 2. The Morgan fingerprint density at radius 1 is 0.649 bits per heavy atom. The van der Waals surface area contributed by atoms with Crippen molar-refractivity contribution in [2.24, 2.45) is 29.2 Å². The van der Waals surface area contributed by atoms with Crippen molar-refractivity contribution in [3.05, 3.63) is 89.8 Å². The molecule has 0 bridgehead atoms. The highest BCUT2D eigenvalue weighted by molar-refractivity contribution is 5.98. The van der Waals surface area contributed by atoms with Crippen LogP contribution in [0, 0.1) is 17.8 Å². The van der Waals surface area contributed by atoms with Crippen LogP contribution >= 0.6 is 0 Å². The molecule has 34 heteroatoms. The molecule has 2 aromatic carbocycles.